The molecule has 0 saturated heterocycles. The third kappa shape index (κ3) is 2.94. The Morgan fingerprint density at radius 2 is 1.85 bits per heavy atom. The molecule has 0 aromatic heterocycles. The van der Waals surface area contributed by atoms with Crippen LogP contribution in [0.25, 0.3) is 5.76 Å². The van der Waals surface area contributed by atoms with Crippen LogP contribution in [-0.2, 0) is 0 Å². The van der Waals surface area contributed by atoms with Gasteiger partial charge in [0.25, 0.3) is 0 Å². The van der Waals surface area contributed by atoms with Crippen LogP contribution >= 0.6 is 23.2 Å². The van der Waals surface area contributed by atoms with E-state index in [1.807, 2.05) is 6.92 Å². The molecule has 0 bridgehead atoms. The van der Waals surface area contributed by atoms with Crippen molar-refractivity contribution < 1.29 is 5.11 Å². The van der Waals surface area contributed by atoms with E-state index in [4.69, 9.17) is 23.2 Å². The molecule has 0 saturated carbocycles. The quantitative estimate of drug-likeness (QED) is 0.732. The maximum Gasteiger partial charge on any atom is 0.118 e. The normalized spacial score (nSPS) is 11.8. The van der Waals surface area contributed by atoms with E-state index in [0.717, 1.165) is 6.42 Å². The Morgan fingerprint density at radius 1 is 1.31 bits per heavy atom. The van der Waals surface area contributed by atoms with Gasteiger partial charge >= 0.3 is 0 Å². The van der Waals surface area contributed by atoms with Gasteiger partial charge in [-0.1, -0.05) is 30.1 Å². The van der Waals surface area contributed by atoms with Crippen LogP contribution in [0.3, 0.4) is 0 Å². The second-order valence-electron chi connectivity index (χ2n) is 2.66. The molecule has 3 heteroatoms. The van der Waals surface area contributed by atoms with Crippen LogP contribution in [0, 0.1) is 0 Å². The van der Waals surface area contributed by atoms with E-state index < -0.39 is 0 Å². The molecule has 0 heterocycles. The molecular weight excluding hydrogens is 207 g/mol. The maximum absolute atomic E-state index is 9.51. The number of benzene rings is 1. The van der Waals surface area contributed by atoms with Crippen molar-refractivity contribution in [3.8, 4) is 0 Å². The lowest BCUT2D eigenvalue weighted by atomic mass is 10.1. The smallest absolute Gasteiger partial charge is 0.118 e. The van der Waals surface area contributed by atoms with Gasteiger partial charge in [-0.15, -0.1) is 0 Å². The Hall–Kier alpha value is -0.660. The minimum Gasteiger partial charge on any atom is -0.508 e. The molecule has 1 N–H and O–H groups in total. The average molecular weight is 217 g/mol. The van der Waals surface area contributed by atoms with Crippen LogP contribution in [0.15, 0.2) is 24.3 Å². The minimum absolute atomic E-state index is 0.215. The van der Waals surface area contributed by atoms with Gasteiger partial charge in [-0.25, -0.2) is 0 Å². The van der Waals surface area contributed by atoms with E-state index in [2.05, 4.69) is 0 Å². The van der Waals surface area contributed by atoms with Crippen LogP contribution in [0.5, 0.6) is 0 Å². The lowest BCUT2D eigenvalue weighted by Gasteiger charge is -2.01. The number of hydrogen-bond donors (Lipinski definition) is 1. The molecule has 0 fully saturated rings. The summed E-state index contributed by atoms with van der Waals surface area (Å²) in [6.45, 7) is 1.95. The van der Waals surface area contributed by atoms with E-state index in [-0.39, 0.29) is 5.76 Å². The Kier molecular flexibility index (Phi) is 3.64. The summed E-state index contributed by atoms with van der Waals surface area (Å²) in [5.41, 5.74) is 0.652. The molecule has 0 atom stereocenters. The van der Waals surface area contributed by atoms with E-state index in [9.17, 15) is 5.11 Å². The molecule has 0 aliphatic rings. The van der Waals surface area contributed by atoms with E-state index in [1.165, 1.54) is 0 Å². The zero-order valence-electron chi connectivity index (χ0n) is 7.22. The van der Waals surface area contributed by atoms with Crippen molar-refractivity contribution >= 4 is 29.0 Å². The summed E-state index contributed by atoms with van der Waals surface area (Å²) < 4.78 is 0. The fraction of sp³-hybridized carbons (Fsp3) is 0.200. The first-order valence-corrected chi connectivity index (χ1v) is 4.74. The Labute approximate surface area is 87.6 Å². The fourth-order valence-electron chi connectivity index (χ4n) is 1.01. The number of aliphatic hydroxyl groups is 1. The highest BCUT2D eigenvalue weighted by Crippen LogP contribution is 2.23. The number of rotatable bonds is 2. The Balaban J connectivity index is 3.08. The first kappa shape index (κ1) is 10.4. The zero-order valence-corrected chi connectivity index (χ0v) is 8.73. The largest absolute Gasteiger partial charge is 0.508 e. The van der Waals surface area contributed by atoms with Crippen LogP contribution in [-0.4, -0.2) is 5.11 Å². The third-order valence-corrected chi connectivity index (χ3v) is 1.99. The lowest BCUT2D eigenvalue weighted by molar-refractivity contribution is 0.509. The van der Waals surface area contributed by atoms with Gasteiger partial charge in [-0.3, -0.25) is 0 Å². The highest BCUT2D eigenvalue weighted by molar-refractivity contribution is 6.34. The van der Waals surface area contributed by atoms with E-state index in [1.54, 1.807) is 24.3 Å². The van der Waals surface area contributed by atoms with Crippen LogP contribution < -0.4 is 0 Å². The minimum atomic E-state index is 0.215. The summed E-state index contributed by atoms with van der Waals surface area (Å²) in [5, 5.41) is 10.6. The second kappa shape index (κ2) is 4.54. The molecule has 13 heavy (non-hydrogen) atoms. The van der Waals surface area contributed by atoms with Gasteiger partial charge in [-0.05, 0) is 30.7 Å². The molecule has 1 aromatic carbocycles. The van der Waals surface area contributed by atoms with Gasteiger partial charge in [0.2, 0.25) is 0 Å². The zero-order chi connectivity index (χ0) is 9.84. The molecule has 1 aromatic rings. The molecule has 1 rings (SSSR count). The predicted molar refractivity (Wildman–Crippen MR) is 57.4 cm³/mol. The van der Waals surface area contributed by atoms with Gasteiger partial charge in [0.05, 0.1) is 0 Å². The summed E-state index contributed by atoms with van der Waals surface area (Å²) >= 11 is 11.5. The molecule has 0 aliphatic heterocycles. The summed E-state index contributed by atoms with van der Waals surface area (Å²) in [6, 6.07) is 4.98. The van der Waals surface area contributed by atoms with Crippen LogP contribution in [0.1, 0.15) is 18.9 Å². The summed E-state index contributed by atoms with van der Waals surface area (Å²) in [7, 11) is 0. The highest BCUT2D eigenvalue weighted by Gasteiger charge is 2.01. The molecule has 0 amide bonds. The average Bonchev–Trinajstić information content (AvgIpc) is 2.03. The van der Waals surface area contributed by atoms with Gasteiger partial charge in [0.1, 0.15) is 5.76 Å². The standard InChI is InChI=1S/C10H10Cl2O/c1-2-3-10(13)7-4-8(11)6-9(12)5-7/h3-6,13H,2H2,1H3. The van der Waals surface area contributed by atoms with Crippen molar-refractivity contribution in [2.45, 2.75) is 13.3 Å². The van der Waals surface area contributed by atoms with Crippen molar-refractivity contribution in [2.24, 2.45) is 0 Å². The number of aliphatic hydroxyl groups excluding tert-OH is 1. The third-order valence-electron chi connectivity index (χ3n) is 1.56. The fourth-order valence-corrected chi connectivity index (χ4v) is 1.54. The molecule has 1 nitrogen and oxygen atoms in total. The van der Waals surface area contributed by atoms with Crippen molar-refractivity contribution in [3.63, 3.8) is 0 Å². The van der Waals surface area contributed by atoms with Crippen molar-refractivity contribution in [1.29, 1.82) is 0 Å². The summed E-state index contributed by atoms with van der Waals surface area (Å²) in [4.78, 5) is 0. The molecule has 0 radical (unpaired) electrons. The predicted octanol–water partition coefficient (Wildman–Crippen LogP) is 4.30. The summed E-state index contributed by atoms with van der Waals surface area (Å²) in [6.07, 6.45) is 2.48. The van der Waals surface area contributed by atoms with Gasteiger partial charge in [-0.2, -0.15) is 0 Å². The summed E-state index contributed by atoms with van der Waals surface area (Å²) in [5.74, 6) is 0.215. The Morgan fingerprint density at radius 3 is 2.31 bits per heavy atom. The van der Waals surface area contributed by atoms with E-state index >= 15 is 0 Å². The molecule has 70 valence electrons. The molecule has 0 unspecified atom stereocenters. The SMILES string of the molecule is CCC=C(O)c1cc(Cl)cc(Cl)c1. The van der Waals surface area contributed by atoms with Crippen molar-refractivity contribution in [2.75, 3.05) is 0 Å². The number of halogens is 2. The van der Waals surface area contributed by atoms with E-state index in [0.29, 0.717) is 15.6 Å². The van der Waals surface area contributed by atoms with Gasteiger partial charge < -0.3 is 5.11 Å². The highest BCUT2D eigenvalue weighted by atomic mass is 35.5. The molecular formula is C10H10Cl2O. The number of allylic oxidation sites excluding steroid dienone is 1. The van der Waals surface area contributed by atoms with Gasteiger partial charge in [0, 0.05) is 15.6 Å². The number of hydrogen-bond acceptors (Lipinski definition) is 1. The Bertz CT molecular complexity index is 311. The van der Waals surface area contributed by atoms with Crippen LogP contribution in [0.2, 0.25) is 10.0 Å². The molecule has 0 aliphatic carbocycles. The van der Waals surface area contributed by atoms with Crippen molar-refractivity contribution in [1.82, 2.24) is 0 Å². The maximum atomic E-state index is 9.51. The second-order valence-corrected chi connectivity index (χ2v) is 3.53. The van der Waals surface area contributed by atoms with Gasteiger partial charge in [0.15, 0.2) is 0 Å². The first-order valence-electron chi connectivity index (χ1n) is 3.99. The molecule has 0 spiro atoms. The lowest BCUT2D eigenvalue weighted by Crippen LogP contribution is -1.82. The monoisotopic (exact) mass is 216 g/mol. The van der Waals surface area contributed by atoms with Crippen molar-refractivity contribution in [3.05, 3.63) is 39.9 Å². The topological polar surface area (TPSA) is 20.2 Å². The first-order chi connectivity index (χ1) is 6.13. The van der Waals surface area contributed by atoms with Crippen LogP contribution in [0.4, 0.5) is 0 Å².